The van der Waals surface area contributed by atoms with E-state index >= 15 is 0 Å². The van der Waals surface area contributed by atoms with Crippen LogP contribution in [-0.4, -0.2) is 38.8 Å². The number of hydrogen-bond acceptors (Lipinski definition) is 4. The number of nitrogens with one attached hydrogen (secondary N) is 2. The lowest BCUT2D eigenvalue weighted by molar-refractivity contribution is 0.0729. The summed E-state index contributed by atoms with van der Waals surface area (Å²) in [6.45, 7) is 10.8. The van der Waals surface area contributed by atoms with Crippen LogP contribution in [0.2, 0.25) is 0 Å². The molecular formula is C11H24IN3O. The Hall–Kier alpha value is -0.0400. The van der Waals surface area contributed by atoms with Crippen molar-refractivity contribution in [3.05, 3.63) is 0 Å². The Bertz CT molecular complexity index is 219. The second-order valence-electron chi connectivity index (χ2n) is 4.67. The summed E-state index contributed by atoms with van der Waals surface area (Å²) in [6, 6.07) is 0. The summed E-state index contributed by atoms with van der Waals surface area (Å²) in [5, 5.41) is 6.58. The van der Waals surface area contributed by atoms with E-state index in [0.29, 0.717) is 0 Å². The maximum Gasteiger partial charge on any atom is 0.191 e. The molecular weight excluding hydrogens is 317 g/mol. The van der Waals surface area contributed by atoms with Crippen LogP contribution in [0.4, 0.5) is 0 Å². The minimum atomic E-state index is 0. The van der Waals surface area contributed by atoms with Crippen molar-refractivity contribution in [3.8, 4) is 0 Å². The molecule has 0 unspecified atom stereocenters. The largest absolute Gasteiger partial charge is 0.381 e. The predicted octanol–water partition coefficient (Wildman–Crippen LogP) is 1.61. The third-order valence-corrected chi connectivity index (χ3v) is 2.33. The zero-order valence-electron chi connectivity index (χ0n) is 10.5. The number of rotatable bonds is 5. The third kappa shape index (κ3) is 6.52. The lowest BCUT2D eigenvalue weighted by Crippen LogP contribution is -2.45. The Balaban J connectivity index is 0.00000225. The van der Waals surface area contributed by atoms with Gasteiger partial charge in [-0.2, -0.15) is 0 Å². The van der Waals surface area contributed by atoms with Crippen molar-refractivity contribution in [3.63, 3.8) is 0 Å². The molecule has 0 bridgehead atoms. The average molecular weight is 341 g/mol. The van der Waals surface area contributed by atoms with Crippen molar-refractivity contribution in [1.82, 2.24) is 10.6 Å². The molecule has 1 rings (SSSR count). The standard InChI is InChI=1S/C11H23N3O.HI/c1-4-15-9-11(2,3)8-14-10-12-6-5-7-13-10;/h4-9H2,1-3H3,(H2,12,13,14);1H. The number of guanidine groups is 1. The molecule has 0 atom stereocenters. The topological polar surface area (TPSA) is 45.6 Å². The molecule has 0 aromatic rings. The Labute approximate surface area is 116 Å². The minimum absolute atomic E-state index is 0. The van der Waals surface area contributed by atoms with E-state index in [9.17, 15) is 0 Å². The van der Waals surface area contributed by atoms with Crippen molar-refractivity contribution in [2.45, 2.75) is 27.2 Å². The Morgan fingerprint density at radius 3 is 2.81 bits per heavy atom. The van der Waals surface area contributed by atoms with E-state index in [2.05, 4.69) is 29.5 Å². The van der Waals surface area contributed by atoms with Crippen LogP contribution in [-0.2, 0) is 4.74 Å². The number of aliphatic imine (C=N–C) groups is 1. The third-order valence-electron chi connectivity index (χ3n) is 2.33. The van der Waals surface area contributed by atoms with Crippen molar-refractivity contribution in [2.24, 2.45) is 10.4 Å². The first kappa shape index (κ1) is 16.0. The van der Waals surface area contributed by atoms with Gasteiger partial charge in [0.05, 0.1) is 6.61 Å². The fourth-order valence-electron chi connectivity index (χ4n) is 1.40. The van der Waals surface area contributed by atoms with Gasteiger partial charge < -0.3 is 15.4 Å². The maximum atomic E-state index is 5.44. The molecule has 96 valence electrons. The Morgan fingerprint density at radius 1 is 1.50 bits per heavy atom. The number of ether oxygens (including phenoxy) is 1. The smallest absolute Gasteiger partial charge is 0.191 e. The van der Waals surface area contributed by atoms with Gasteiger partial charge in [0, 0.05) is 31.7 Å². The van der Waals surface area contributed by atoms with Crippen LogP contribution in [0.1, 0.15) is 27.2 Å². The molecule has 1 heterocycles. The summed E-state index contributed by atoms with van der Waals surface area (Å²) in [5.41, 5.74) is 0.150. The molecule has 0 saturated heterocycles. The van der Waals surface area contributed by atoms with Crippen molar-refractivity contribution >= 4 is 29.9 Å². The first-order valence-corrected chi connectivity index (χ1v) is 5.74. The second-order valence-corrected chi connectivity index (χ2v) is 4.67. The molecule has 0 fully saturated rings. The molecule has 0 amide bonds. The molecule has 1 aliphatic heterocycles. The maximum absolute atomic E-state index is 5.44. The average Bonchev–Trinajstić information content (AvgIpc) is 2.25. The molecule has 0 radical (unpaired) electrons. The summed E-state index contributed by atoms with van der Waals surface area (Å²) in [5.74, 6) is 0.936. The quantitative estimate of drug-likeness (QED) is 0.747. The van der Waals surface area contributed by atoms with E-state index in [0.717, 1.165) is 45.2 Å². The van der Waals surface area contributed by atoms with E-state index in [4.69, 9.17) is 4.74 Å². The monoisotopic (exact) mass is 341 g/mol. The summed E-state index contributed by atoms with van der Waals surface area (Å²) >= 11 is 0. The first-order chi connectivity index (χ1) is 7.14. The zero-order valence-corrected chi connectivity index (χ0v) is 12.8. The molecule has 0 aromatic carbocycles. The molecule has 5 heteroatoms. The number of nitrogens with zero attached hydrogens (tertiary/aromatic N) is 1. The van der Waals surface area contributed by atoms with Crippen molar-refractivity contribution in [2.75, 3.05) is 32.8 Å². The van der Waals surface area contributed by atoms with Crippen LogP contribution < -0.4 is 10.6 Å². The molecule has 0 aliphatic carbocycles. The fraction of sp³-hybridized carbons (Fsp3) is 0.909. The summed E-state index contributed by atoms with van der Waals surface area (Å²) in [6.07, 6.45) is 1.13. The lowest BCUT2D eigenvalue weighted by Gasteiger charge is -2.26. The molecule has 2 N–H and O–H groups in total. The predicted molar refractivity (Wildman–Crippen MR) is 78.6 cm³/mol. The SMILES string of the molecule is CCOCC(C)(C)CNC1=NCCCN1.I. The van der Waals surface area contributed by atoms with Gasteiger partial charge in [0.1, 0.15) is 0 Å². The van der Waals surface area contributed by atoms with E-state index in [-0.39, 0.29) is 29.4 Å². The molecule has 4 nitrogen and oxygen atoms in total. The van der Waals surface area contributed by atoms with Crippen molar-refractivity contribution in [1.29, 1.82) is 0 Å². The van der Waals surface area contributed by atoms with Crippen LogP contribution in [0.15, 0.2) is 4.99 Å². The van der Waals surface area contributed by atoms with Gasteiger partial charge >= 0.3 is 0 Å². The minimum Gasteiger partial charge on any atom is -0.381 e. The van der Waals surface area contributed by atoms with Crippen LogP contribution >= 0.6 is 24.0 Å². The second kappa shape index (κ2) is 8.11. The Morgan fingerprint density at radius 2 is 2.25 bits per heavy atom. The van der Waals surface area contributed by atoms with E-state index < -0.39 is 0 Å². The lowest BCUT2D eigenvalue weighted by atomic mass is 9.95. The van der Waals surface area contributed by atoms with E-state index in [1.807, 2.05) is 6.92 Å². The van der Waals surface area contributed by atoms with Gasteiger partial charge in [-0.3, -0.25) is 4.99 Å². The van der Waals surface area contributed by atoms with Crippen LogP contribution in [0.5, 0.6) is 0 Å². The van der Waals surface area contributed by atoms with Gasteiger partial charge in [-0.05, 0) is 13.3 Å². The van der Waals surface area contributed by atoms with Crippen LogP contribution in [0.3, 0.4) is 0 Å². The van der Waals surface area contributed by atoms with Crippen molar-refractivity contribution < 1.29 is 4.74 Å². The highest BCUT2D eigenvalue weighted by molar-refractivity contribution is 14.0. The molecule has 1 aliphatic rings. The Kier molecular flexibility index (Phi) is 8.09. The number of halogens is 1. The normalized spacial score (nSPS) is 15.8. The van der Waals surface area contributed by atoms with E-state index in [1.54, 1.807) is 0 Å². The number of hydrogen-bond donors (Lipinski definition) is 2. The molecule has 0 saturated carbocycles. The summed E-state index contributed by atoms with van der Waals surface area (Å²) in [4.78, 5) is 4.37. The molecule has 16 heavy (non-hydrogen) atoms. The van der Waals surface area contributed by atoms with Crippen LogP contribution in [0.25, 0.3) is 0 Å². The van der Waals surface area contributed by atoms with Gasteiger partial charge in [0.15, 0.2) is 5.96 Å². The van der Waals surface area contributed by atoms with Gasteiger partial charge in [0.2, 0.25) is 0 Å². The first-order valence-electron chi connectivity index (χ1n) is 5.74. The van der Waals surface area contributed by atoms with Gasteiger partial charge in [-0.1, -0.05) is 13.8 Å². The van der Waals surface area contributed by atoms with Gasteiger partial charge in [-0.25, -0.2) is 0 Å². The molecule has 0 aromatic heterocycles. The van der Waals surface area contributed by atoms with Gasteiger partial charge in [0.25, 0.3) is 0 Å². The highest BCUT2D eigenvalue weighted by atomic mass is 127. The van der Waals surface area contributed by atoms with E-state index in [1.165, 1.54) is 0 Å². The van der Waals surface area contributed by atoms with Crippen LogP contribution in [0, 0.1) is 5.41 Å². The van der Waals surface area contributed by atoms with Gasteiger partial charge in [-0.15, -0.1) is 24.0 Å². The molecule has 0 spiro atoms. The highest BCUT2D eigenvalue weighted by Crippen LogP contribution is 2.13. The highest BCUT2D eigenvalue weighted by Gasteiger charge is 2.18. The summed E-state index contributed by atoms with van der Waals surface area (Å²) < 4.78 is 5.44. The summed E-state index contributed by atoms with van der Waals surface area (Å²) in [7, 11) is 0. The fourth-order valence-corrected chi connectivity index (χ4v) is 1.40. The zero-order chi connectivity index (χ0) is 11.1.